The molecule has 0 aliphatic rings. The van der Waals surface area contributed by atoms with Crippen molar-refractivity contribution < 1.29 is 14.3 Å². The van der Waals surface area contributed by atoms with E-state index >= 15 is 0 Å². The number of ether oxygens (including phenoxy) is 1. The number of rotatable bonds is 4. The molecule has 0 unspecified atom stereocenters. The highest BCUT2D eigenvalue weighted by Crippen LogP contribution is 2.39. The first-order valence-electron chi connectivity index (χ1n) is 9.22. The number of carbonyl (C=O) groups is 2. The van der Waals surface area contributed by atoms with E-state index in [0.29, 0.717) is 11.3 Å². The van der Waals surface area contributed by atoms with Crippen LogP contribution in [-0.2, 0) is 0 Å². The molecule has 0 atom stereocenters. The maximum Gasteiger partial charge on any atom is 0.326 e. The van der Waals surface area contributed by atoms with E-state index in [9.17, 15) is 14.9 Å². The fourth-order valence-electron chi connectivity index (χ4n) is 2.88. The number of hydrogen-bond donors (Lipinski definition) is 2. The van der Waals surface area contributed by atoms with E-state index in [-0.39, 0.29) is 48.5 Å². The van der Waals surface area contributed by atoms with Crippen molar-refractivity contribution in [3.8, 4) is 17.7 Å². The average molecular weight is 524 g/mol. The largest absolute Gasteiger partial charge is 0.435 e. The molecule has 1 aromatic heterocycles. The van der Waals surface area contributed by atoms with Crippen LogP contribution in [0, 0.1) is 25.2 Å². The number of aromatic nitrogens is 1. The molecule has 1 heterocycles. The second kappa shape index (κ2) is 10.3. The van der Waals surface area contributed by atoms with E-state index in [1.165, 1.54) is 24.3 Å². The van der Waals surface area contributed by atoms with Gasteiger partial charge in [0.1, 0.15) is 11.6 Å². The monoisotopic (exact) mass is 522 g/mol. The number of imide groups is 1. The fraction of sp³-hybridized carbons (Fsp3) is 0.0909. The Bertz CT molecular complexity index is 1280. The van der Waals surface area contributed by atoms with Crippen LogP contribution in [0.3, 0.4) is 0 Å². The zero-order valence-electron chi connectivity index (χ0n) is 17.1. The maximum atomic E-state index is 12.3. The van der Waals surface area contributed by atoms with E-state index in [4.69, 9.17) is 51.1 Å². The van der Waals surface area contributed by atoms with Crippen molar-refractivity contribution in [1.82, 2.24) is 10.3 Å². The van der Waals surface area contributed by atoms with Crippen LogP contribution in [-0.4, -0.2) is 16.9 Å². The van der Waals surface area contributed by atoms with Crippen molar-refractivity contribution in [3.63, 3.8) is 0 Å². The predicted molar refractivity (Wildman–Crippen MR) is 128 cm³/mol. The van der Waals surface area contributed by atoms with Crippen LogP contribution in [0.4, 0.5) is 10.5 Å². The van der Waals surface area contributed by atoms with Crippen molar-refractivity contribution in [2.24, 2.45) is 0 Å². The number of hydrogen-bond acceptors (Lipinski definition) is 5. The fourth-order valence-corrected chi connectivity index (χ4v) is 4.01. The van der Waals surface area contributed by atoms with Crippen LogP contribution in [0.15, 0.2) is 36.4 Å². The Balaban J connectivity index is 1.79. The van der Waals surface area contributed by atoms with Gasteiger partial charge in [0.15, 0.2) is 5.75 Å². The number of benzene rings is 2. The summed E-state index contributed by atoms with van der Waals surface area (Å²) in [6.07, 6.45) is 0. The normalized spacial score (nSPS) is 10.3. The Morgan fingerprint density at radius 2 is 1.61 bits per heavy atom. The Morgan fingerprint density at radius 3 is 2.18 bits per heavy atom. The smallest absolute Gasteiger partial charge is 0.326 e. The number of urea groups is 1. The summed E-state index contributed by atoms with van der Waals surface area (Å²) in [4.78, 5) is 28.9. The summed E-state index contributed by atoms with van der Waals surface area (Å²) in [6, 6.07) is 10.2. The Hall–Kier alpha value is -3.02. The minimum Gasteiger partial charge on any atom is -0.435 e. The van der Waals surface area contributed by atoms with Gasteiger partial charge in [-0.1, -0.05) is 52.5 Å². The standard InChI is InChI=1S/C22H14Cl4N4O3/c1-10-6-11(2)28-21(13(10)9-27)33-19-16(25)7-12(8-17(19)26)29-22(32)30-20(31)18-14(23)4-3-5-15(18)24/h3-8H,1-2H3,(H2,29,30,31,32). The number of aryl methyl sites for hydroxylation is 2. The Kier molecular flexibility index (Phi) is 7.67. The van der Waals surface area contributed by atoms with Gasteiger partial charge in [-0.2, -0.15) is 5.26 Å². The summed E-state index contributed by atoms with van der Waals surface area (Å²) in [5, 5.41) is 14.3. The van der Waals surface area contributed by atoms with E-state index < -0.39 is 11.9 Å². The SMILES string of the molecule is Cc1cc(C)c(C#N)c(Oc2c(Cl)cc(NC(=O)NC(=O)c3c(Cl)cccc3Cl)cc2Cl)n1. The third-order valence-corrected chi connectivity index (χ3v) is 5.49. The van der Waals surface area contributed by atoms with E-state index in [0.717, 1.165) is 0 Å². The lowest BCUT2D eigenvalue weighted by molar-refractivity contribution is 0.0967. The molecule has 2 N–H and O–H groups in total. The molecule has 0 bridgehead atoms. The number of carbonyl (C=O) groups excluding carboxylic acids is 2. The van der Waals surface area contributed by atoms with Gasteiger partial charge in [-0.25, -0.2) is 9.78 Å². The quantitative estimate of drug-likeness (QED) is 0.385. The maximum absolute atomic E-state index is 12.3. The molecule has 0 fully saturated rings. The number of nitrogens with zero attached hydrogens (tertiary/aromatic N) is 2. The molecule has 3 aromatic rings. The van der Waals surface area contributed by atoms with Crippen molar-refractivity contribution in [3.05, 3.63) is 78.9 Å². The summed E-state index contributed by atoms with van der Waals surface area (Å²) < 4.78 is 5.72. The lowest BCUT2D eigenvalue weighted by Crippen LogP contribution is -2.34. The Morgan fingerprint density at radius 1 is 1.00 bits per heavy atom. The predicted octanol–water partition coefficient (Wildman–Crippen LogP) is 6.94. The van der Waals surface area contributed by atoms with E-state index in [1.54, 1.807) is 26.0 Å². The molecule has 0 aliphatic heterocycles. The molecule has 3 rings (SSSR count). The minimum atomic E-state index is -0.862. The molecule has 33 heavy (non-hydrogen) atoms. The number of pyridine rings is 1. The van der Waals surface area contributed by atoms with Gasteiger partial charge >= 0.3 is 6.03 Å². The molecule has 2 aromatic carbocycles. The molecule has 168 valence electrons. The molecule has 0 radical (unpaired) electrons. The van der Waals surface area contributed by atoms with Gasteiger partial charge in [-0.05, 0) is 49.7 Å². The number of anilines is 1. The Labute approximate surface area is 209 Å². The van der Waals surface area contributed by atoms with Gasteiger partial charge < -0.3 is 10.1 Å². The molecule has 11 heteroatoms. The van der Waals surface area contributed by atoms with Gasteiger partial charge in [0, 0.05) is 11.4 Å². The lowest BCUT2D eigenvalue weighted by Gasteiger charge is -2.14. The summed E-state index contributed by atoms with van der Waals surface area (Å²) in [7, 11) is 0. The minimum absolute atomic E-state index is 0.0370. The lowest BCUT2D eigenvalue weighted by atomic mass is 10.1. The zero-order valence-corrected chi connectivity index (χ0v) is 20.1. The number of amides is 3. The van der Waals surface area contributed by atoms with Crippen molar-refractivity contribution in [1.29, 1.82) is 5.26 Å². The second-order valence-electron chi connectivity index (χ2n) is 6.75. The highest BCUT2D eigenvalue weighted by Gasteiger charge is 2.19. The van der Waals surface area contributed by atoms with E-state index in [1.807, 2.05) is 6.07 Å². The summed E-state index contributed by atoms with van der Waals surface area (Å²) in [6.45, 7) is 3.51. The van der Waals surface area contributed by atoms with Crippen LogP contribution in [0.5, 0.6) is 11.6 Å². The van der Waals surface area contributed by atoms with Gasteiger partial charge in [0.25, 0.3) is 5.91 Å². The van der Waals surface area contributed by atoms with Crippen molar-refractivity contribution in [2.45, 2.75) is 13.8 Å². The van der Waals surface area contributed by atoms with Crippen LogP contribution in [0.2, 0.25) is 20.1 Å². The van der Waals surface area contributed by atoms with Gasteiger partial charge in [-0.3, -0.25) is 10.1 Å². The summed E-state index contributed by atoms with van der Waals surface area (Å²) in [5.41, 5.74) is 1.72. The zero-order chi connectivity index (χ0) is 24.3. The molecule has 0 spiro atoms. The van der Waals surface area contributed by atoms with Crippen LogP contribution >= 0.6 is 46.4 Å². The van der Waals surface area contributed by atoms with Crippen molar-refractivity contribution >= 4 is 64.0 Å². The topological polar surface area (TPSA) is 104 Å². The van der Waals surface area contributed by atoms with Crippen LogP contribution in [0.25, 0.3) is 0 Å². The molecular formula is C22H14Cl4N4O3. The number of halogens is 4. The number of nitriles is 1. The van der Waals surface area contributed by atoms with Crippen molar-refractivity contribution in [2.75, 3.05) is 5.32 Å². The number of nitrogens with one attached hydrogen (secondary N) is 2. The third kappa shape index (κ3) is 5.67. The second-order valence-corrected chi connectivity index (χ2v) is 8.38. The molecule has 0 saturated carbocycles. The van der Waals surface area contributed by atoms with Crippen LogP contribution in [0.1, 0.15) is 27.2 Å². The van der Waals surface area contributed by atoms with Crippen LogP contribution < -0.4 is 15.4 Å². The average Bonchev–Trinajstić information content (AvgIpc) is 2.70. The van der Waals surface area contributed by atoms with E-state index in [2.05, 4.69) is 15.6 Å². The molecule has 7 nitrogen and oxygen atoms in total. The first-order chi connectivity index (χ1) is 15.6. The van der Waals surface area contributed by atoms with Gasteiger partial charge in [-0.15, -0.1) is 0 Å². The summed E-state index contributed by atoms with van der Waals surface area (Å²) >= 11 is 24.6. The summed E-state index contributed by atoms with van der Waals surface area (Å²) in [5.74, 6) is -0.679. The molecule has 0 saturated heterocycles. The molecule has 3 amide bonds. The molecule has 0 aliphatic carbocycles. The van der Waals surface area contributed by atoms with Gasteiger partial charge in [0.2, 0.25) is 5.88 Å². The first kappa shape index (κ1) is 24.6. The first-order valence-corrected chi connectivity index (χ1v) is 10.7. The highest BCUT2D eigenvalue weighted by molar-refractivity contribution is 6.40. The van der Waals surface area contributed by atoms with Gasteiger partial charge in [0.05, 0.1) is 25.7 Å². The third-order valence-electron chi connectivity index (χ3n) is 4.30. The molecular weight excluding hydrogens is 510 g/mol. The highest BCUT2D eigenvalue weighted by atomic mass is 35.5.